The van der Waals surface area contributed by atoms with Gasteiger partial charge in [-0.2, -0.15) is 5.26 Å². The highest BCUT2D eigenvalue weighted by Gasteiger charge is 2.47. The van der Waals surface area contributed by atoms with Crippen LogP contribution in [0.15, 0.2) is 18.2 Å². The largest absolute Gasteiger partial charge is 0.377 e. The van der Waals surface area contributed by atoms with Gasteiger partial charge in [-0.25, -0.2) is 4.39 Å². The minimum Gasteiger partial charge on any atom is -0.377 e. The van der Waals surface area contributed by atoms with Crippen LogP contribution in [0.4, 0.5) is 10.1 Å². The van der Waals surface area contributed by atoms with Crippen LogP contribution in [0.3, 0.4) is 0 Å². The molecule has 88 valence electrons. The minimum atomic E-state index is -0.760. The number of halogens is 1. The van der Waals surface area contributed by atoms with Crippen LogP contribution < -0.4 is 4.90 Å². The Labute approximate surface area is 99.5 Å². The lowest BCUT2D eigenvalue weighted by atomic mass is 9.64. The van der Waals surface area contributed by atoms with Crippen LogP contribution in [0, 0.1) is 17.1 Å². The smallest absolute Gasteiger partial charge is 0.136 e. The van der Waals surface area contributed by atoms with E-state index in [9.17, 15) is 14.4 Å². The molecule has 0 bridgehead atoms. The summed E-state index contributed by atoms with van der Waals surface area (Å²) in [5.41, 5.74) is 0.648. The molecule has 17 heavy (non-hydrogen) atoms. The Balaban J connectivity index is 2.52. The lowest BCUT2D eigenvalue weighted by Gasteiger charge is -2.36. The van der Waals surface area contributed by atoms with E-state index < -0.39 is 5.41 Å². The molecule has 1 saturated carbocycles. The topological polar surface area (TPSA) is 44.1 Å². The summed E-state index contributed by atoms with van der Waals surface area (Å²) in [7, 11) is 3.59. The van der Waals surface area contributed by atoms with Gasteiger partial charge in [-0.1, -0.05) is 6.07 Å². The molecule has 0 heterocycles. The molecular formula is C13H13FN2O. The van der Waals surface area contributed by atoms with Crippen LogP contribution in [0.25, 0.3) is 0 Å². The number of nitriles is 1. The van der Waals surface area contributed by atoms with Gasteiger partial charge >= 0.3 is 0 Å². The summed E-state index contributed by atoms with van der Waals surface area (Å²) < 4.78 is 13.2. The number of rotatable bonds is 2. The van der Waals surface area contributed by atoms with Crippen molar-refractivity contribution < 1.29 is 9.18 Å². The van der Waals surface area contributed by atoms with Gasteiger partial charge in [0.25, 0.3) is 0 Å². The van der Waals surface area contributed by atoms with Crippen molar-refractivity contribution in [2.24, 2.45) is 0 Å². The highest BCUT2D eigenvalue weighted by molar-refractivity contribution is 5.91. The summed E-state index contributed by atoms with van der Waals surface area (Å²) in [5.74, 6) is -0.253. The second kappa shape index (κ2) is 3.85. The third-order valence-corrected chi connectivity index (χ3v) is 3.17. The first-order valence-electron chi connectivity index (χ1n) is 5.39. The molecule has 1 aromatic rings. The van der Waals surface area contributed by atoms with Crippen molar-refractivity contribution in [2.75, 3.05) is 19.0 Å². The van der Waals surface area contributed by atoms with E-state index in [0.717, 1.165) is 5.56 Å². The van der Waals surface area contributed by atoms with Crippen LogP contribution in [0.5, 0.6) is 0 Å². The molecular weight excluding hydrogens is 219 g/mol. The van der Waals surface area contributed by atoms with Gasteiger partial charge in [-0.05, 0) is 17.7 Å². The third-order valence-electron chi connectivity index (χ3n) is 3.17. The van der Waals surface area contributed by atoms with Crippen molar-refractivity contribution >= 4 is 11.5 Å². The van der Waals surface area contributed by atoms with E-state index in [4.69, 9.17) is 0 Å². The first-order chi connectivity index (χ1) is 7.98. The number of hydrogen-bond donors (Lipinski definition) is 0. The summed E-state index contributed by atoms with van der Waals surface area (Å²) in [4.78, 5) is 12.9. The van der Waals surface area contributed by atoms with E-state index in [-0.39, 0.29) is 24.4 Å². The van der Waals surface area contributed by atoms with Gasteiger partial charge in [0.2, 0.25) is 0 Å². The third kappa shape index (κ3) is 1.78. The van der Waals surface area contributed by atoms with Crippen LogP contribution in [0.1, 0.15) is 18.4 Å². The number of carbonyl (C=O) groups is 1. The molecule has 2 rings (SSSR count). The molecule has 0 atom stereocenters. The van der Waals surface area contributed by atoms with Crippen LogP contribution in [-0.2, 0) is 10.2 Å². The van der Waals surface area contributed by atoms with Crippen molar-refractivity contribution in [2.45, 2.75) is 18.3 Å². The maximum Gasteiger partial charge on any atom is 0.136 e. The molecule has 0 saturated heterocycles. The molecule has 4 heteroatoms. The highest BCUT2D eigenvalue weighted by atomic mass is 19.1. The minimum absolute atomic E-state index is 0.0839. The maximum absolute atomic E-state index is 13.2. The quantitative estimate of drug-likeness (QED) is 0.783. The second-order valence-electron chi connectivity index (χ2n) is 4.64. The van der Waals surface area contributed by atoms with E-state index in [2.05, 4.69) is 6.07 Å². The molecule has 1 aromatic carbocycles. The first kappa shape index (κ1) is 11.6. The Morgan fingerprint density at radius 3 is 2.53 bits per heavy atom. The molecule has 1 aliphatic carbocycles. The van der Waals surface area contributed by atoms with Crippen molar-refractivity contribution in [3.8, 4) is 6.07 Å². The Kier molecular flexibility index (Phi) is 2.62. The lowest BCUT2D eigenvalue weighted by Crippen LogP contribution is -2.41. The SMILES string of the molecule is CN(C)c1cc(F)ccc1C1(C#N)CC(=O)C1. The van der Waals surface area contributed by atoms with Gasteiger partial charge in [0.15, 0.2) is 0 Å². The number of nitrogens with zero attached hydrogens (tertiary/aromatic N) is 2. The molecule has 0 amide bonds. The summed E-state index contributed by atoms with van der Waals surface area (Å²) in [6, 6.07) is 6.56. The number of benzene rings is 1. The fraction of sp³-hybridized carbons (Fsp3) is 0.385. The van der Waals surface area contributed by atoms with Crippen molar-refractivity contribution in [3.63, 3.8) is 0 Å². The van der Waals surface area contributed by atoms with Crippen LogP contribution in [-0.4, -0.2) is 19.9 Å². The van der Waals surface area contributed by atoms with E-state index in [1.165, 1.54) is 12.1 Å². The van der Waals surface area contributed by atoms with Gasteiger partial charge in [0.1, 0.15) is 11.6 Å². The van der Waals surface area contributed by atoms with Crippen LogP contribution in [0.2, 0.25) is 0 Å². The monoisotopic (exact) mass is 232 g/mol. The normalized spacial score (nSPS) is 17.2. The molecule has 0 aromatic heterocycles. The standard InChI is InChI=1S/C13H13FN2O/c1-16(2)12-5-9(14)3-4-11(12)13(8-15)6-10(17)7-13/h3-5H,6-7H2,1-2H3. The van der Waals surface area contributed by atoms with Crippen LogP contribution >= 0.6 is 0 Å². The predicted molar refractivity (Wildman–Crippen MR) is 62.3 cm³/mol. The molecule has 0 spiro atoms. The zero-order valence-electron chi connectivity index (χ0n) is 9.83. The fourth-order valence-electron chi connectivity index (χ4n) is 2.23. The van der Waals surface area contributed by atoms with Gasteiger partial charge < -0.3 is 4.90 Å². The average Bonchev–Trinajstić information content (AvgIpc) is 2.24. The molecule has 0 radical (unpaired) electrons. The van der Waals surface area contributed by atoms with E-state index in [1.54, 1.807) is 25.1 Å². The Bertz CT molecular complexity index is 509. The number of anilines is 1. The Morgan fingerprint density at radius 1 is 1.41 bits per heavy atom. The molecule has 0 unspecified atom stereocenters. The first-order valence-corrected chi connectivity index (χ1v) is 5.39. The Morgan fingerprint density at radius 2 is 2.06 bits per heavy atom. The highest BCUT2D eigenvalue weighted by Crippen LogP contribution is 2.44. The van der Waals surface area contributed by atoms with Crippen molar-refractivity contribution in [1.29, 1.82) is 5.26 Å². The number of hydrogen-bond acceptors (Lipinski definition) is 3. The summed E-state index contributed by atoms with van der Waals surface area (Å²) in [6.45, 7) is 0. The second-order valence-corrected chi connectivity index (χ2v) is 4.64. The van der Waals surface area contributed by atoms with Gasteiger partial charge in [-0.3, -0.25) is 4.79 Å². The van der Waals surface area contributed by atoms with Crippen molar-refractivity contribution in [1.82, 2.24) is 0 Å². The molecule has 3 nitrogen and oxygen atoms in total. The predicted octanol–water partition coefficient (Wildman–Crippen LogP) is 2.02. The number of carbonyl (C=O) groups excluding carboxylic acids is 1. The lowest BCUT2D eigenvalue weighted by molar-refractivity contribution is -0.126. The number of ketones is 1. The summed E-state index contributed by atoms with van der Waals surface area (Å²) in [5, 5.41) is 9.27. The zero-order valence-corrected chi connectivity index (χ0v) is 9.83. The van der Waals surface area contributed by atoms with Crippen molar-refractivity contribution in [3.05, 3.63) is 29.6 Å². The average molecular weight is 232 g/mol. The zero-order chi connectivity index (χ0) is 12.6. The maximum atomic E-state index is 13.2. The fourth-order valence-corrected chi connectivity index (χ4v) is 2.23. The molecule has 0 aliphatic heterocycles. The van der Waals surface area contributed by atoms with Gasteiger partial charge in [0.05, 0.1) is 11.5 Å². The van der Waals surface area contributed by atoms with Gasteiger partial charge in [0, 0.05) is 32.6 Å². The summed E-state index contributed by atoms with van der Waals surface area (Å²) in [6.07, 6.45) is 0.464. The summed E-state index contributed by atoms with van der Waals surface area (Å²) >= 11 is 0. The Hall–Kier alpha value is -1.89. The molecule has 1 fully saturated rings. The van der Waals surface area contributed by atoms with E-state index in [1.807, 2.05) is 0 Å². The molecule has 1 aliphatic rings. The van der Waals surface area contributed by atoms with Gasteiger partial charge in [-0.15, -0.1) is 0 Å². The van der Waals surface area contributed by atoms with E-state index >= 15 is 0 Å². The number of Topliss-reactive ketones (excluding diaryl/α,β-unsaturated/α-hetero) is 1. The molecule has 0 N–H and O–H groups in total. The van der Waals surface area contributed by atoms with E-state index in [0.29, 0.717) is 5.69 Å².